The molecular formula is C10H11ClO4S. The summed E-state index contributed by atoms with van der Waals surface area (Å²) in [4.78, 5) is 11.8. The summed E-state index contributed by atoms with van der Waals surface area (Å²) in [6, 6.07) is 5.84. The lowest BCUT2D eigenvalue weighted by Gasteiger charge is -2.10. The zero-order valence-electron chi connectivity index (χ0n) is 8.55. The van der Waals surface area contributed by atoms with E-state index in [1.54, 1.807) is 0 Å². The first-order chi connectivity index (χ1) is 7.36. The van der Waals surface area contributed by atoms with Gasteiger partial charge in [0.1, 0.15) is 5.25 Å². The molecule has 16 heavy (non-hydrogen) atoms. The van der Waals surface area contributed by atoms with Crippen LogP contribution in [0.25, 0.3) is 0 Å². The van der Waals surface area contributed by atoms with Crippen LogP contribution in [0.3, 0.4) is 0 Å². The van der Waals surface area contributed by atoms with Crippen LogP contribution in [0.2, 0.25) is 5.02 Å². The third kappa shape index (κ3) is 3.04. The third-order valence-corrected chi connectivity index (χ3v) is 3.75. The van der Waals surface area contributed by atoms with Crippen LogP contribution in [0.15, 0.2) is 24.3 Å². The Morgan fingerprint density at radius 3 is 2.25 bits per heavy atom. The van der Waals surface area contributed by atoms with Gasteiger partial charge in [-0.05, 0) is 24.3 Å². The molecule has 1 aromatic carbocycles. The van der Waals surface area contributed by atoms with Crippen LogP contribution in [0, 0.1) is 0 Å². The highest BCUT2D eigenvalue weighted by molar-refractivity contribution is 7.92. The van der Waals surface area contributed by atoms with Gasteiger partial charge in [0.25, 0.3) is 0 Å². The molecule has 88 valence electrons. The number of benzene rings is 1. The van der Waals surface area contributed by atoms with E-state index >= 15 is 0 Å². The fraction of sp³-hybridized carbons (Fsp3) is 0.300. The number of Topliss-reactive ketones (excluding diaryl/α,β-unsaturated/α-hetero) is 1. The average Bonchev–Trinajstić information content (AvgIpc) is 2.17. The largest absolute Gasteiger partial charge is 0.395 e. The summed E-state index contributed by atoms with van der Waals surface area (Å²) < 4.78 is 22.5. The van der Waals surface area contributed by atoms with E-state index in [4.69, 9.17) is 16.7 Å². The normalized spacial score (nSPS) is 13.4. The number of halogens is 1. The number of aliphatic hydroxyl groups is 1. The molecule has 1 aromatic rings. The Balaban J connectivity index is 3.06. The molecule has 1 N–H and O–H groups in total. The molecule has 0 aromatic heterocycles. The van der Waals surface area contributed by atoms with E-state index in [0.717, 1.165) is 6.26 Å². The molecule has 0 unspecified atom stereocenters. The molecule has 0 saturated heterocycles. The van der Waals surface area contributed by atoms with Crippen LogP contribution in [-0.4, -0.2) is 37.4 Å². The molecule has 0 saturated carbocycles. The van der Waals surface area contributed by atoms with Gasteiger partial charge >= 0.3 is 0 Å². The van der Waals surface area contributed by atoms with Crippen molar-refractivity contribution in [2.75, 3.05) is 12.9 Å². The zero-order chi connectivity index (χ0) is 12.3. The highest BCUT2D eigenvalue weighted by atomic mass is 35.5. The molecule has 0 aliphatic carbocycles. The smallest absolute Gasteiger partial charge is 0.183 e. The van der Waals surface area contributed by atoms with Gasteiger partial charge in [-0.1, -0.05) is 11.6 Å². The van der Waals surface area contributed by atoms with Gasteiger partial charge in [-0.3, -0.25) is 4.79 Å². The maximum atomic E-state index is 11.8. The van der Waals surface area contributed by atoms with Crippen molar-refractivity contribution < 1.29 is 18.3 Å². The van der Waals surface area contributed by atoms with Gasteiger partial charge < -0.3 is 5.11 Å². The number of carbonyl (C=O) groups is 1. The minimum Gasteiger partial charge on any atom is -0.395 e. The number of hydrogen-bond donors (Lipinski definition) is 1. The minimum atomic E-state index is -3.61. The Morgan fingerprint density at radius 2 is 1.88 bits per heavy atom. The summed E-state index contributed by atoms with van der Waals surface area (Å²) in [6.07, 6.45) is 0.918. The second-order valence-corrected chi connectivity index (χ2v) is 6.04. The van der Waals surface area contributed by atoms with E-state index in [9.17, 15) is 13.2 Å². The fourth-order valence-corrected chi connectivity index (χ4v) is 2.13. The monoisotopic (exact) mass is 262 g/mol. The Morgan fingerprint density at radius 1 is 1.38 bits per heavy atom. The molecule has 0 heterocycles. The van der Waals surface area contributed by atoms with Gasteiger partial charge in [-0.25, -0.2) is 8.42 Å². The molecule has 4 nitrogen and oxygen atoms in total. The summed E-state index contributed by atoms with van der Waals surface area (Å²) in [5.74, 6) is -0.623. The fourth-order valence-electron chi connectivity index (χ4n) is 1.21. The van der Waals surface area contributed by atoms with Crippen LogP contribution in [0.4, 0.5) is 0 Å². The third-order valence-electron chi connectivity index (χ3n) is 2.10. The lowest BCUT2D eigenvalue weighted by Crippen LogP contribution is -2.33. The first-order valence-corrected chi connectivity index (χ1v) is 6.79. The second kappa shape index (κ2) is 4.95. The van der Waals surface area contributed by atoms with Crippen LogP contribution >= 0.6 is 11.6 Å². The summed E-state index contributed by atoms with van der Waals surface area (Å²) in [6.45, 7) is -0.722. The molecule has 1 atom stereocenters. The van der Waals surface area contributed by atoms with E-state index in [2.05, 4.69) is 0 Å². The molecule has 0 amide bonds. The predicted molar refractivity (Wildman–Crippen MR) is 61.5 cm³/mol. The first kappa shape index (κ1) is 13.2. The average molecular weight is 263 g/mol. The van der Waals surface area contributed by atoms with Crippen molar-refractivity contribution in [1.82, 2.24) is 0 Å². The van der Waals surface area contributed by atoms with E-state index in [-0.39, 0.29) is 5.56 Å². The lowest BCUT2D eigenvalue weighted by molar-refractivity contribution is 0.0962. The Bertz CT molecular complexity index is 478. The summed E-state index contributed by atoms with van der Waals surface area (Å²) >= 11 is 5.64. The van der Waals surface area contributed by atoms with E-state index in [0.29, 0.717) is 5.02 Å². The molecule has 0 bridgehead atoms. The Labute approximate surface area is 98.8 Å². The maximum Gasteiger partial charge on any atom is 0.183 e. The van der Waals surface area contributed by atoms with Gasteiger partial charge in [0, 0.05) is 16.8 Å². The zero-order valence-corrected chi connectivity index (χ0v) is 10.1. The molecule has 0 aliphatic heterocycles. The van der Waals surface area contributed by atoms with Crippen molar-refractivity contribution in [1.29, 1.82) is 0 Å². The van der Waals surface area contributed by atoms with Gasteiger partial charge in [0.15, 0.2) is 15.6 Å². The number of aliphatic hydroxyl groups excluding tert-OH is 1. The highest BCUT2D eigenvalue weighted by Crippen LogP contribution is 2.13. The number of rotatable bonds is 4. The first-order valence-electron chi connectivity index (χ1n) is 4.45. The van der Waals surface area contributed by atoms with Crippen LogP contribution in [0.5, 0.6) is 0 Å². The minimum absolute atomic E-state index is 0.217. The van der Waals surface area contributed by atoms with Crippen molar-refractivity contribution >= 4 is 27.2 Å². The SMILES string of the molecule is CS(=O)(=O)[C@@H](CO)C(=O)c1ccc(Cl)cc1. The number of sulfone groups is 1. The summed E-state index contributed by atoms with van der Waals surface area (Å²) in [7, 11) is -3.61. The van der Waals surface area contributed by atoms with Crippen molar-refractivity contribution in [3.05, 3.63) is 34.9 Å². The Kier molecular flexibility index (Phi) is 4.07. The van der Waals surface area contributed by atoms with E-state index < -0.39 is 27.5 Å². The Hall–Kier alpha value is -0.910. The molecule has 0 spiro atoms. The van der Waals surface area contributed by atoms with Crippen LogP contribution in [-0.2, 0) is 9.84 Å². The van der Waals surface area contributed by atoms with Gasteiger partial charge in [-0.2, -0.15) is 0 Å². The standard InChI is InChI=1S/C10H11ClO4S/c1-16(14,15)9(6-12)10(13)7-2-4-8(11)5-3-7/h2-5,9,12H,6H2,1H3/t9-/m0/s1. The van der Waals surface area contributed by atoms with Crippen molar-refractivity contribution in [2.45, 2.75) is 5.25 Å². The highest BCUT2D eigenvalue weighted by Gasteiger charge is 2.28. The lowest BCUT2D eigenvalue weighted by atomic mass is 10.1. The van der Waals surface area contributed by atoms with Gasteiger partial charge in [0.05, 0.1) is 6.61 Å². The van der Waals surface area contributed by atoms with Gasteiger partial charge in [0.2, 0.25) is 0 Å². The number of ketones is 1. The summed E-state index contributed by atoms with van der Waals surface area (Å²) in [5.41, 5.74) is 0.217. The maximum absolute atomic E-state index is 11.8. The molecule has 0 aliphatic rings. The molecule has 6 heteroatoms. The summed E-state index contributed by atoms with van der Waals surface area (Å²) in [5, 5.41) is 7.97. The molecule has 0 fully saturated rings. The predicted octanol–water partition coefficient (Wildman–Crippen LogP) is 0.928. The van der Waals surface area contributed by atoms with Crippen molar-refractivity contribution in [2.24, 2.45) is 0 Å². The van der Waals surface area contributed by atoms with E-state index in [1.807, 2.05) is 0 Å². The molecule has 1 rings (SSSR count). The second-order valence-electron chi connectivity index (χ2n) is 3.37. The van der Waals surface area contributed by atoms with Crippen molar-refractivity contribution in [3.8, 4) is 0 Å². The van der Waals surface area contributed by atoms with Crippen molar-refractivity contribution in [3.63, 3.8) is 0 Å². The molecule has 0 radical (unpaired) electrons. The number of carbonyl (C=O) groups excluding carboxylic acids is 1. The van der Waals surface area contributed by atoms with Gasteiger partial charge in [-0.15, -0.1) is 0 Å². The number of hydrogen-bond acceptors (Lipinski definition) is 4. The molecular weight excluding hydrogens is 252 g/mol. The topological polar surface area (TPSA) is 71.4 Å². The van der Waals surface area contributed by atoms with E-state index in [1.165, 1.54) is 24.3 Å². The quantitative estimate of drug-likeness (QED) is 0.820. The van der Waals surface area contributed by atoms with Crippen LogP contribution < -0.4 is 0 Å². The van der Waals surface area contributed by atoms with Crippen LogP contribution in [0.1, 0.15) is 10.4 Å².